The topological polar surface area (TPSA) is 12.5 Å². The Bertz CT molecular complexity index is 236. The number of ether oxygens (including phenoxy) is 1. The lowest BCUT2D eigenvalue weighted by Crippen LogP contribution is -2.45. The fourth-order valence-corrected chi connectivity index (χ4v) is 2.77. The Morgan fingerprint density at radius 3 is 2.21 bits per heavy atom. The molecule has 0 aromatic heterocycles. The molecule has 1 fully saturated rings. The lowest BCUT2D eigenvalue weighted by atomic mass is 9.63. The van der Waals surface area contributed by atoms with Crippen molar-refractivity contribution >= 4 is 0 Å². The zero-order valence-electron chi connectivity index (χ0n) is 13.9. The summed E-state index contributed by atoms with van der Waals surface area (Å²) < 4.78 is 5.72. The Hall–Kier alpha value is -0.0800. The van der Waals surface area contributed by atoms with Gasteiger partial charge in [-0.05, 0) is 43.2 Å². The van der Waals surface area contributed by atoms with Crippen molar-refractivity contribution in [2.24, 2.45) is 10.8 Å². The molecule has 1 rings (SSSR count). The number of rotatable bonds is 7. The van der Waals surface area contributed by atoms with Gasteiger partial charge in [-0.25, -0.2) is 0 Å². The van der Waals surface area contributed by atoms with Gasteiger partial charge >= 0.3 is 0 Å². The van der Waals surface area contributed by atoms with Crippen molar-refractivity contribution in [2.75, 3.05) is 32.8 Å². The predicted molar refractivity (Wildman–Crippen MR) is 83.6 cm³/mol. The summed E-state index contributed by atoms with van der Waals surface area (Å²) >= 11 is 0. The molecule has 0 aliphatic carbocycles. The molecule has 0 spiro atoms. The number of likely N-dealkylation sites (tertiary alicyclic amines) is 1. The van der Waals surface area contributed by atoms with Gasteiger partial charge < -0.3 is 9.64 Å². The summed E-state index contributed by atoms with van der Waals surface area (Å²) in [5.74, 6) is 0. The van der Waals surface area contributed by atoms with E-state index in [2.05, 4.69) is 39.5 Å². The molecule has 2 heteroatoms. The van der Waals surface area contributed by atoms with E-state index in [4.69, 9.17) is 4.74 Å². The molecule has 0 bridgehead atoms. The van der Waals surface area contributed by atoms with Gasteiger partial charge in [0.2, 0.25) is 0 Å². The van der Waals surface area contributed by atoms with E-state index < -0.39 is 0 Å². The summed E-state index contributed by atoms with van der Waals surface area (Å²) in [7, 11) is 0. The second kappa shape index (κ2) is 7.64. The van der Waals surface area contributed by atoms with Gasteiger partial charge in [0, 0.05) is 13.2 Å². The van der Waals surface area contributed by atoms with E-state index in [0.29, 0.717) is 10.8 Å². The van der Waals surface area contributed by atoms with Crippen molar-refractivity contribution < 1.29 is 4.74 Å². The van der Waals surface area contributed by atoms with Crippen molar-refractivity contribution in [3.05, 3.63) is 0 Å². The molecule has 0 saturated carbocycles. The van der Waals surface area contributed by atoms with Crippen LogP contribution in [0.5, 0.6) is 0 Å². The van der Waals surface area contributed by atoms with Crippen molar-refractivity contribution in [2.45, 2.75) is 66.7 Å². The molecule has 1 aliphatic heterocycles. The maximum Gasteiger partial charge on any atom is 0.0593 e. The molecule has 114 valence electrons. The van der Waals surface area contributed by atoms with E-state index in [9.17, 15) is 0 Å². The van der Waals surface area contributed by atoms with Crippen LogP contribution < -0.4 is 0 Å². The van der Waals surface area contributed by atoms with Gasteiger partial charge in [-0.15, -0.1) is 0 Å². The molecule has 0 N–H and O–H groups in total. The summed E-state index contributed by atoms with van der Waals surface area (Å²) in [6, 6.07) is 0. The number of hydrogen-bond acceptors (Lipinski definition) is 2. The van der Waals surface area contributed by atoms with Crippen LogP contribution >= 0.6 is 0 Å². The highest BCUT2D eigenvalue weighted by Crippen LogP contribution is 2.46. The lowest BCUT2D eigenvalue weighted by Gasteiger charge is -2.47. The van der Waals surface area contributed by atoms with Crippen LogP contribution in [0.15, 0.2) is 0 Å². The molecule has 1 heterocycles. The molecule has 0 radical (unpaired) electrons. The second-order valence-electron chi connectivity index (χ2n) is 7.47. The van der Waals surface area contributed by atoms with E-state index in [1.54, 1.807) is 0 Å². The van der Waals surface area contributed by atoms with Crippen LogP contribution in [0.3, 0.4) is 0 Å². The van der Waals surface area contributed by atoms with Crippen LogP contribution in [0.25, 0.3) is 0 Å². The SMILES string of the molecule is CCCCCOCCN1CCC(C)(C(C)(C)C)CC1. The van der Waals surface area contributed by atoms with Crippen LogP contribution in [-0.4, -0.2) is 37.7 Å². The first-order chi connectivity index (χ1) is 8.89. The molecule has 0 atom stereocenters. The van der Waals surface area contributed by atoms with Gasteiger partial charge in [-0.2, -0.15) is 0 Å². The highest BCUT2D eigenvalue weighted by Gasteiger charge is 2.39. The third-order valence-corrected chi connectivity index (χ3v) is 5.21. The Morgan fingerprint density at radius 2 is 1.68 bits per heavy atom. The minimum Gasteiger partial charge on any atom is -0.380 e. The standard InChI is InChI=1S/C17H35NO/c1-6-7-8-14-19-15-13-18-11-9-17(5,10-12-18)16(2,3)4/h6-15H2,1-5H3. The van der Waals surface area contributed by atoms with Gasteiger partial charge in [-0.3, -0.25) is 0 Å². The fraction of sp³-hybridized carbons (Fsp3) is 1.00. The highest BCUT2D eigenvalue weighted by atomic mass is 16.5. The van der Waals surface area contributed by atoms with Crippen molar-refractivity contribution in [3.8, 4) is 0 Å². The summed E-state index contributed by atoms with van der Waals surface area (Å²) in [6.45, 7) is 17.3. The van der Waals surface area contributed by atoms with Crippen LogP contribution in [0.4, 0.5) is 0 Å². The summed E-state index contributed by atoms with van der Waals surface area (Å²) in [4.78, 5) is 2.58. The Labute approximate surface area is 120 Å². The smallest absolute Gasteiger partial charge is 0.0593 e. The Balaban J connectivity index is 2.14. The molecular weight excluding hydrogens is 234 g/mol. The maximum atomic E-state index is 5.72. The molecule has 1 saturated heterocycles. The summed E-state index contributed by atoms with van der Waals surface area (Å²) in [5.41, 5.74) is 0.932. The third-order valence-electron chi connectivity index (χ3n) is 5.21. The first kappa shape index (κ1) is 17.0. The van der Waals surface area contributed by atoms with Crippen molar-refractivity contribution in [1.82, 2.24) is 4.90 Å². The molecule has 0 aromatic rings. The summed E-state index contributed by atoms with van der Waals surface area (Å²) in [5, 5.41) is 0. The minimum atomic E-state index is 0.426. The molecule has 0 amide bonds. The lowest BCUT2D eigenvalue weighted by molar-refractivity contribution is 0.0106. The molecule has 19 heavy (non-hydrogen) atoms. The average Bonchev–Trinajstić information content (AvgIpc) is 2.34. The number of piperidine rings is 1. The normalized spacial score (nSPS) is 20.7. The molecule has 2 nitrogen and oxygen atoms in total. The van der Waals surface area contributed by atoms with Gasteiger partial charge in [0.05, 0.1) is 6.61 Å². The minimum absolute atomic E-state index is 0.426. The van der Waals surface area contributed by atoms with E-state index in [-0.39, 0.29) is 0 Å². The van der Waals surface area contributed by atoms with Crippen molar-refractivity contribution in [1.29, 1.82) is 0 Å². The van der Waals surface area contributed by atoms with Gasteiger partial charge in [0.25, 0.3) is 0 Å². The Morgan fingerprint density at radius 1 is 1.05 bits per heavy atom. The largest absolute Gasteiger partial charge is 0.380 e. The van der Waals surface area contributed by atoms with Crippen molar-refractivity contribution in [3.63, 3.8) is 0 Å². The quantitative estimate of drug-likeness (QED) is 0.637. The first-order valence-electron chi connectivity index (χ1n) is 8.19. The van der Waals surface area contributed by atoms with Crippen LogP contribution in [-0.2, 0) is 4.74 Å². The molecular formula is C17H35NO. The van der Waals surface area contributed by atoms with E-state index in [1.807, 2.05) is 0 Å². The predicted octanol–water partition coefficient (Wildman–Crippen LogP) is 4.34. The highest BCUT2D eigenvalue weighted by molar-refractivity contribution is 4.90. The number of unbranched alkanes of at least 4 members (excludes halogenated alkanes) is 2. The monoisotopic (exact) mass is 269 g/mol. The summed E-state index contributed by atoms with van der Waals surface area (Å²) in [6.07, 6.45) is 6.45. The second-order valence-corrected chi connectivity index (χ2v) is 7.47. The van der Waals surface area contributed by atoms with Crippen LogP contribution in [0.1, 0.15) is 66.7 Å². The van der Waals surface area contributed by atoms with Gasteiger partial charge in [0.15, 0.2) is 0 Å². The van der Waals surface area contributed by atoms with E-state index >= 15 is 0 Å². The molecule has 0 aromatic carbocycles. The maximum absolute atomic E-state index is 5.72. The van der Waals surface area contributed by atoms with Crippen LogP contribution in [0, 0.1) is 10.8 Å². The third kappa shape index (κ3) is 5.43. The van der Waals surface area contributed by atoms with Gasteiger partial charge in [-0.1, -0.05) is 47.5 Å². The van der Waals surface area contributed by atoms with Gasteiger partial charge in [0.1, 0.15) is 0 Å². The average molecular weight is 269 g/mol. The Kier molecular flexibility index (Phi) is 6.82. The van der Waals surface area contributed by atoms with E-state index in [0.717, 1.165) is 19.8 Å². The fourth-order valence-electron chi connectivity index (χ4n) is 2.77. The molecule has 1 aliphatic rings. The van der Waals surface area contributed by atoms with Crippen LogP contribution in [0.2, 0.25) is 0 Å². The molecule has 0 unspecified atom stereocenters. The zero-order valence-corrected chi connectivity index (χ0v) is 13.9. The van der Waals surface area contributed by atoms with E-state index in [1.165, 1.54) is 45.2 Å². The number of hydrogen-bond donors (Lipinski definition) is 0. The number of nitrogens with zero attached hydrogens (tertiary/aromatic N) is 1. The zero-order chi connectivity index (χ0) is 14.4. The first-order valence-corrected chi connectivity index (χ1v) is 8.19.